The van der Waals surface area contributed by atoms with E-state index >= 15 is 0 Å². The minimum absolute atomic E-state index is 0.145. The molecular formula is C25H21ClN4O2. The van der Waals surface area contributed by atoms with Crippen molar-refractivity contribution in [2.24, 2.45) is 5.10 Å². The van der Waals surface area contributed by atoms with Crippen molar-refractivity contribution in [2.45, 2.75) is 19.9 Å². The zero-order chi connectivity index (χ0) is 22.5. The summed E-state index contributed by atoms with van der Waals surface area (Å²) in [6.45, 7) is 2.21. The lowest BCUT2D eigenvalue weighted by atomic mass is 10.1. The van der Waals surface area contributed by atoms with Crippen molar-refractivity contribution < 1.29 is 4.79 Å². The summed E-state index contributed by atoms with van der Waals surface area (Å²) in [4.78, 5) is 26.0. The molecule has 1 N–H and O–H groups in total. The van der Waals surface area contributed by atoms with Crippen molar-refractivity contribution in [2.75, 3.05) is 0 Å². The van der Waals surface area contributed by atoms with Gasteiger partial charge in [0, 0.05) is 10.4 Å². The summed E-state index contributed by atoms with van der Waals surface area (Å²) in [5.41, 5.74) is 4.98. The fourth-order valence-electron chi connectivity index (χ4n) is 3.43. The Morgan fingerprint density at radius 1 is 0.969 bits per heavy atom. The Morgan fingerprint density at radius 3 is 2.31 bits per heavy atom. The van der Waals surface area contributed by atoms with Crippen molar-refractivity contribution in [3.8, 4) is 0 Å². The lowest BCUT2D eigenvalue weighted by Crippen LogP contribution is -2.29. The van der Waals surface area contributed by atoms with Crippen molar-refractivity contribution in [3.05, 3.63) is 111 Å². The van der Waals surface area contributed by atoms with E-state index in [9.17, 15) is 9.59 Å². The Kier molecular flexibility index (Phi) is 6.42. The summed E-state index contributed by atoms with van der Waals surface area (Å²) in [5.74, 6) is -0.483. The monoisotopic (exact) mass is 444 g/mol. The van der Waals surface area contributed by atoms with Gasteiger partial charge in [0.1, 0.15) is 0 Å². The zero-order valence-electron chi connectivity index (χ0n) is 17.5. The van der Waals surface area contributed by atoms with Crippen LogP contribution >= 0.6 is 11.6 Å². The molecule has 0 aliphatic rings. The van der Waals surface area contributed by atoms with Crippen molar-refractivity contribution in [1.29, 1.82) is 0 Å². The average Bonchev–Trinajstić information content (AvgIpc) is 2.83. The molecule has 7 heteroatoms. The minimum Gasteiger partial charge on any atom is -0.267 e. The van der Waals surface area contributed by atoms with Crippen molar-refractivity contribution in [3.63, 3.8) is 0 Å². The number of hydrazone groups is 1. The van der Waals surface area contributed by atoms with Crippen LogP contribution in [0.25, 0.3) is 10.8 Å². The van der Waals surface area contributed by atoms with Gasteiger partial charge in [-0.1, -0.05) is 79.2 Å². The molecule has 0 saturated heterocycles. The number of hydrogen-bond acceptors (Lipinski definition) is 4. The Hall–Kier alpha value is -3.77. The number of aromatic nitrogens is 2. The number of halogens is 1. The first-order valence-corrected chi connectivity index (χ1v) is 10.6. The molecule has 160 valence electrons. The van der Waals surface area contributed by atoms with E-state index in [-0.39, 0.29) is 17.8 Å². The van der Waals surface area contributed by atoms with Crippen LogP contribution in [0.2, 0.25) is 5.02 Å². The van der Waals surface area contributed by atoms with E-state index < -0.39 is 5.91 Å². The van der Waals surface area contributed by atoms with Gasteiger partial charge in [-0.15, -0.1) is 0 Å². The third-order valence-corrected chi connectivity index (χ3v) is 5.31. The summed E-state index contributed by atoms with van der Waals surface area (Å²) in [5, 5.41) is 10.2. The van der Waals surface area contributed by atoms with Gasteiger partial charge in [0.05, 0.1) is 17.6 Å². The van der Waals surface area contributed by atoms with Gasteiger partial charge in [0.2, 0.25) is 0 Å². The van der Waals surface area contributed by atoms with Gasteiger partial charge in [-0.3, -0.25) is 9.59 Å². The highest BCUT2D eigenvalue weighted by Crippen LogP contribution is 2.15. The largest absolute Gasteiger partial charge is 0.292 e. The molecule has 1 amide bonds. The smallest absolute Gasteiger partial charge is 0.267 e. The first kappa shape index (κ1) is 21.5. The van der Waals surface area contributed by atoms with Crippen LogP contribution in [0.1, 0.15) is 35.0 Å². The highest BCUT2D eigenvalue weighted by atomic mass is 35.5. The van der Waals surface area contributed by atoms with Crippen LogP contribution in [0.3, 0.4) is 0 Å². The number of fused-ring (bicyclic) bond motifs is 1. The predicted octanol–water partition coefficient (Wildman–Crippen LogP) is 4.64. The second-order valence-electron chi connectivity index (χ2n) is 7.20. The van der Waals surface area contributed by atoms with E-state index in [1.54, 1.807) is 36.4 Å². The van der Waals surface area contributed by atoms with Crippen LogP contribution < -0.4 is 11.0 Å². The van der Waals surface area contributed by atoms with E-state index in [1.165, 1.54) is 4.68 Å². The van der Waals surface area contributed by atoms with Crippen molar-refractivity contribution >= 4 is 34.0 Å². The topological polar surface area (TPSA) is 76.3 Å². The Balaban J connectivity index is 1.71. The summed E-state index contributed by atoms with van der Waals surface area (Å²) in [6, 6.07) is 23.7. The molecule has 0 saturated carbocycles. The first-order valence-electron chi connectivity index (χ1n) is 10.2. The third-order valence-electron chi connectivity index (χ3n) is 5.06. The summed E-state index contributed by atoms with van der Waals surface area (Å²) >= 11 is 5.96. The normalized spacial score (nSPS) is 11.5. The van der Waals surface area contributed by atoms with Gasteiger partial charge >= 0.3 is 0 Å². The van der Waals surface area contributed by atoms with Gasteiger partial charge in [0.15, 0.2) is 5.69 Å². The standard InChI is InChI=1S/C25H21ClN4O2/c1-2-22(18-12-14-19(26)15-13-18)27-28-24(31)23-20-10-6-7-11-21(20)25(32)30(29-23)16-17-8-4-3-5-9-17/h3-15H,2,16H2,1H3,(H,28,31)/b27-22+. The fourth-order valence-corrected chi connectivity index (χ4v) is 3.55. The highest BCUT2D eigenvalue weighted by molar-refractivity contribution is 6.30. The maximum Gasteiger partial charge on any atom is 0.292 e. The van der Waals surface area contributed by atoms with Gasteiger partial charge in [-0.2, -0.15) is 10.2 Å². The lowest BCUT2D eigenvalue weighted by Gasteiger charge is -2.11. The number of nitrogens with one attached hydrogen (secondary N) is 1. The number of amides is 1. The number of hydrogen-bond donors (Lipinski definition) is 1. The molecule has 32 heavy (non-hydrogen) atoms. The average molecular weight is 445 g/mol. The Labute approximate surface area is 190 Å². The summed E-state index contributed by atoms with van der Waals surface area (Å²) in [6.07, 6.45) is 0.615. The SMILES string of the molecule is CC/C(=N\NC(=O)c1nn(Cc2ccccc2)c(=O)c2ccccc12)c1ccc(Cl)cc1. The molecule has 0 bridgehead atoms. The molecule has 0 unspecified atom stereocenters. The van der Waals surface area contributed by atoms with Crippen LogP contribution in [-0.4, -0.2) is 21.4 Å². The molecular weight excluding hydrogens is 424 g/mol. The number of carbonyl (C=O) groups is 1. The molecule has 0 fully saturated rings. The van der Waals surface area contributed by atoms with Crippen LogP contribution in [0, 0.1) is 0 Å². The molecule has 0 aliphatic carbocycles. The van der Waals surface area contributed by atoms with E-state index in [2.05, 4.69) is 15.6 Å². The molecule has 6 nitrogen and oxygen atoms in total. The van der Waals surface area contributed by atoms with Gasteiger partial charge < -0.3 is 0 Å². The van der Waals surface area contributed by atoms with E-state index in [1.807, 2.05) is 49.4 Å². The first-order chi connectivity index (χ1) is 15.6. The van der Waals surface area contributed by atoms with Gasteiger partial charge in [-0.25, -0.2) is 10.1 Å². The fraction of sp³-hybridized carbons (Fsp3) is 0.120. The molecule has 0 aliphatic heterocycles. The maximum absolute atomic E-state index is 13.1. The van der Waals surface area contributed by atoms with E-state index in [0.717, 1.165) is 11.1 Å². The summed E-state index contributed by atoms with van der Waals surface area (Å²) < 4.78 is 1.32. The second kappa shape index (κ2) is 9.58. The Bertz CT molecular complexity index is 1350. The van der Waals surface area contributed by atoms with E-state index in [4.69, 9.17) is 11.6 Å². The Morgan fingerprint density at radius 2 is 1.62 bits per heavy atom. The van der Waals surface area contributed by atoms with Crippen LogP contribution in [-0.2, 0) is 6.54 Å². The molecule has 0 spiro atoms. The predicted molar refractivity (Wildman–Crippen MR) is 127 cm³/mol. The van der Waals surface area contributed by atoms with Gasteiger partial charge in [0.25, 0.3) is 11.5 Å². The second-order valence-corrected chi connectivity index (χ2v) is 7.64. The lowest BCUT2D eigenvalue weighted by molar-refractivity contribution is 0.0949. The quantitative estimate of drug-likeness (QED) is 0.347. The van der Waals surface area contributed by atoms with Crippen molar-refractivity contribution in [1.82, 2.24) is 15.2 Å². The number of benzene rings is 3. The number of rotatable bonds is 6. The highest BCUT2D eigenvalue weighted by Gasteiger charge is 2.17. The van der Waals surface area contributed by atoms with Crippen LogP contribution in [0.15, 0.2) is 88.8 Å². The minimum atomic E-state index is -0.483. The van der Waals surface area contributed by atoms with Gasteiger partial charge in [-0.05, 0) is 35.7 Å². The molecule has 1 heterocycles. The molecule has 4 rings (SSSR count). The molecule has 0 radical (unpaired) electrons. The van der Waals surface area contributed by atoms with Crippen LogP contribution in [0.5, 0.6) is 0 Å². The summed E-state index contributed by atoms with van der Waals surface area (Å²) in [7, 11) is 0. The van der Waals surface area contributed by atoms with Crippen LogP contribution in [0.4, 0.5) is 0 Å². The molecule has 1 aromatic heterocycles. The molecule has 0 atom stereocenters. The third kappa shape index (κ3) is 4.60. The molecule has 3 aromatic carbocycles. The number of nitrogens with zero attached hydrogens (tertiary/aromatic N) is 3. The molecule has 4 aromatic rings. The zero-order valence-corrected chi connectivity index (χ0v) is 18.2. The number of carbonyl (C=O) groups excluding carboxylic acids is 1. The van der Waals surface area contributed by atoms with E-state index in [0.29, 0.717) is 27.9 Å². The maximum atomic E-state index is 13.1.